The summed E-state index contributed by atoms with van der Waals surface area (Å²) in [5.41, 5.74) is 0.469. The second-order valence-corrected chi connectivity index (χ2v) is 10.8. The molecule has 0 aliphatic carbocycles. The van der Waals surface area contributed by atoms with Crippen LogP contribution in [0.4, 0.5) is 21.0 Å². The fourth-order valence-electron chi connectivity index (χ4n) is 6.59. The van der Waals surface area contributed by atoms with E-state index in [1.807, 2.05) is 11.0 Å². The van der Waals surface area contributed by atoms with Crippen LogP contribution in [0.3, 0.4) is 0 Å². The van der Waals surface area contributed by atoms with Gasteiger partial charge in [0, 0.05) is 26.3 Å². The number of fused-ring (bicyclic) bond motifs is 4. The number of benzene rings is 2. The van der Waals surface area contributed by atoms with E-state index >= 15 is 0 Å². The molecule has 0 aromatic heterocycles. The van der Waals surface area contributed by atoms with Crippen LogP contribution in [0.5, 0.6) is 5.75 Å². The molecule has 0 bridgehead atoms. The van der Waals surface area contributed by atoms with Crippen LogP contribution < -0.4 is 19.9 Å². The second-order valence-electron chi connectivity index (χ2n) is 10.8. The molecule has 3 fully saturated rings. The van der Waals surface area contributed by atoms with E-state index < -0.39 is 47.1 Å². The lowest BCUT2D eigenvalue weighted by molar-refractivity contribution is -0.159. The van der Waals surface area contributed by atoms with E-state index in [0.29, 0.717) is 36.4 Å². The molecular weight excluding hydrogens is 542 g/mol. The molecule has 1 atom stereocenters. The van der Waals surface area contributed by atoms with Gasteiger partial charge in [0.2, 0.25) is 11.8 Å². The Morgan fingerprint density at radius 3 is 2.40 bits per heavy atom. The van der Waals surface area contributed by atoms with E-state index in [1.165, 1.54) is 20.2 Å². The maximum atomic E-state index is 13.7. The van der Waals surface area contributed by atoms with Crippen LogP contribution in [0.15, 0.2) is 48.0 Å². The maximum absolute atomic E-state index is 13.7. The summed E-state index contributed by atoms with van der Waals surface area (Å²) in [6, 6.07) is 9.92. The average Bonchev–Trinajstić information content (AvgIpc) is 3.48. The maximum Gasteiger partial charge on any atom is 0.336 e. The van der Waals surface area contributed by atoms with E-state index in [-0.39, 0.29) is 17.7 Å². The Balaban J connectivity index is 1.40. The Morgan fingerprint density at radius 1 is 0.976 bits per heavy atom. The molecule has 12 nitrogen and oxygen atoms in total. The van der Waals surface area contributed by atoms with Gasteiger partial charge in [0.05, 0.1) is 18.3 Å². The van der Waals surface area contributed by atoms with Gasteiger partial charge in [-0.15, -0.1) is 0 Å². The molecule has 1 N–H and O–H groups in total. The third-order valence-corrected chi connectivity index (χ3v) is 8.47. The summed E-state index contributed by atoms with van der Waals surface area (Å²) in [7, 11) is 2.77. The van der Waals surface area contributed by atoms with Crippen molar-refractivity contribution in [1.29, 1.82) is 0 Å². The Morgan fingerprint density at radius 2 is 1.69 bits per heavy atom. The van der Waals surface area contributed by atoms with E-state index in [1.54, 1.807) is 43.3 Å². The Hall–Kier alpha value is -5.00. The van der Waals surface area contributed by atoms with Crippen molar-refractivity contribution in [2.24, 2.45) is 5.41 Å². The molecule has 0 saturated carbocycles. The lowest BCUT2D eigenvalue weighted by Gasteiger charge is -2.50. The van der Waals surface area contributed by atoms with Gasteiger partial charge >= 0.3 is 12.1 Å². The third kappa shape index (κ3) is 3.81. The first kappa shape index (κ1) is 27.2. The summed E-state index contributed by atoms with van der Waals surface area (Å²) in [5.74, 6) is -2.42. The van der Waals surface area contributed by atoms with Gasteiger partial charge in [0.1, 0.15) is 11.3 Å². The number of nitrogens with zero attached hydrogens (tertiary/aromatic N) is 4. The molecular formula is C30H29N5O7. The van der Waals surface area contributed by atoms with Crippen molar-refractivity contribution < 1.29 is 33.5 Å². The molecule has 4 aliphatic rings. The first-order valence-electron chi connectivity index (χ1n) is 13.7. The predicted molar refractivity (Wildman–Crippen MR) is 150 cm³/mol. The monoisotopic (exact) mass is 571 g/mol. The molecule has 4 heterocycles. The number of nitrogens with one attached hydrogen (secondary N) is 1. The number of barbiturate groups is 2. The summed E-state index contributed by atoms with van der Waals surface area (Å²) in [4.78, 5) is 84.0. The topological polar surface area (TPSA) is 137 Å². The lowest BCUT2D eigenvalue weighted by atomic mass is 9.68. The number of hydrogen-bond donors (Lipinski definition) is 1. The number of anilines is 2. The number of carbonyl (C=O) groups is 6. The van der Waals surface area contributed by atoms with Gasteiger partial charge in [0.25, 0.3) is 11.8 Å². The van der Waals surface area contributed by atoms with Crippen molar-refractivity contribution in [2.45, 2.75) is 32.2 Å². The predicted octanol–water partition coefficient (Wildman–Crippen LogP) is 2.31. The van der Waals surface area contributed by atoms with Gasteiger partial charge in [-0.1, -0.05) is 18.2 Å². The minimum atomic E-state index is -1.48. The zero-order valence-electron chi connectivity index (χ0n) is 23.4. The molecule has 6 rings (SSSR count). The molecule has 2 aromatic carbocycles. The first-order chi connectivity index (χ1) is 20.1. The fourth-order valence-corrected chi connectivity index (χ4v) is 6.59. The number of amides is 8. The normalized spacial score (nSPS) is 22.6. The van der Waals surface area contributed by atoms with Crippen LogP contribution in [-0.4, -0.2) is 78.8 Å². The van der Waals surface area contributed by atoms with Gasteiger partial charge in [0.15, 0.2) is 5.41 Å². The minimum Gasteiger partial charge on any atom is -0.492 e. The summed E-state index contributed by atoms with van der Waals surface area (Å²) in [6.07, 6.45) is 2.85. The van der Waals surface area contributed by atoms with E-state index in [9.17, 15) is 28.8 Å². The van der Waals surface area contributed by atoms with Crippen LogP contribution >= 0.6 is 0 Å². The molecule has 0 radical (unpaired) electrons. The van der Waals surface area contributed by atoms with Crippen molar-refractivity contribution >= 4 is 53.1 Å². The third-order valence-electron chi connectivity index (χ3n) is 8.47. The first-order valence-corrected chi connectivity index (χ1v) is 13.7. The minimum absolute atomic E-state index is 0.0621. The Kier molecular flexibility index (Phi) is 6.36. The number of ether oxygens (including phenoxy) is 1. The highest BCUT2D eigenvalue weighted by molar-refractivity contribution is 6.39. The highest BCUT2D eigenvalue weighted by atomic mass is 16.5. The van der Waals surface area contributed by atoms with Gasteiger partial charge in [-0.25, -0.2) is 14.5 Å². The fraction of sp³-hybridized carbons (Fsp3) is 0.333. The summed E-state index contributed by atoms with van der Waals surface area (Å²) in [6.45, 7) is 2.72. The van der Waals surface area contributed by atoms with Crippen LogP contribution in [0, 0.1) is 5.41 Å². The number of carbonyl (C=O) groups excluding carboxylic acids is 6. The number of para-hydroxylation sites is 2. The number of imide groups is 4. The smallest absolute Gasteiger partial charge is 0.336 e. The summed E-state index contributed by atoms with van der Waals surface area (Å²) >= 11 is 0. The summed E-state index contributed by atoms with van der Waals surface area (Å²) in [5, 5.41) is 2.23. The van der Waals surface area contributed by atoms with Crippen LogP contribution in [-0.2, 0) is 25.6 Å². The van der Waals surface area contributed by atoms with E-state index in [4.69, 9.17) is 4.74 Å². The van der Waals surface area contributed by atoms with Gasteiger partial charge in [-0.2, -0.15) is 0 Å². The van der Waals surface area contributed by atoms with Gasteiger partial charge < -0.3 is 9.64 Å². The molecule has 8 amide bonds. The van der Waals surface area contributed by atoms with Crippen molar-refractivity contribution in [3.8, 4) is 5.75 Å². The molecule has 4 aliphatic heterocycles. The lowest BCUT2D eigenvalue weighted by Crippen LogP contribution is -2.70. The highest BCUT2D eigenvalue weighted by Gasteiger charge is 2.63. The van der Waals surface area contributed by atoms with Gasteiger partial charge in [-0.3, -0.25) is 34.3 Å². The Bertz CT molecular complexity index is 1590. The van der Waals surface area contributed by atoms with Gasteiger partial charge in [-0.05, 0) is 67.7 Å². The highest BCUT2D eigenvalue weighted by Crippen LogP contribution is 2.49. The molecule has 1 spiro atoms. The SMILES string of the molecule is CCOc1ccccc1N1C(=O)NC(=O)/C(=C\c2ccc3c(c2)CC2(C(=O)N(C)C(=O)N(C)C2=O)[C@H]2CCCN32)C1=O. The zero-order valence-corrected chi connectivity index (χ0v) is 23.4. The Labute approximate surface area is 241 Å². The molecule has 42 heavy (non-hydrogen) atoms. The van der Waals surface area contributed by atoms with Crippen LogP contribution in [0.25, 0.3) is 6.08 Å². The van der Waals surface area contributed by atoms with E-state index in [2.05, 4.69) is 5.32 Å². The van der Waals surface area contributed by atoms with Crippen molar-refractivity contribution in [1.82, 2.24) is 15.1 Å². The van der Waals surface area contributed by atoms with Crippen molar-refractivity contribution in [3.05, 3.63) is 59.2 Å². The quantitative estimate of drug-likeness (QED) is 0.336. The molecule has 12 heteroatoms. The number of hydrogen-bond acceptors (Lipinski definition) is 8. The standard InChI is InChI=1S/C30H29N5O7/c1-4-42-22-9-6-5-8-21(22)35-25(37)19(24(36)31-28(35)40)15-17-11-12-20-18(14-17)16-30(23-10-7-13-34(20)23)26(38)32(2)29(41)33(3)27(30)39/h5-6,8-9,11-12,14-15,23H,4,7,10,13,16H2,1-3H3,(H,31,36,40)/b19-15+/t23-/m1/s1. The van der Waals surface area contributed by atoms with Crippen molar-refractivity contribution in [3.63, 3.8) is 0 Å². The van der Waals surface area contributed by atoms with Crippen LogP contribution in [0.1, 0.15) is 30.9 Å². The molecule has 3 saturated heterocycles. The zero-order chi connectivity index (χ0) is 29.9. The largest absolute Gasteiger partial charge is 0.492 e. The average molecular weight is 572 g/mol. The molecule has 0 unspecified atom stereocenters. The summed E-state index contributed by atoms with van der Waals surface area (Å²) < 4.78 is 5.59. The number of urea groups is 2. The number of rotatable bonds is 4. The van der Waals surface area contributed by atoms with Crippen LogP contribution in [0.2, 0.25) is 0 Å². The molecule has 216 valence electrons. The van der Waals surface area contributed by atoms with E-state index in [0.717, 1.165) is 26.8 Å². The molecule has 2 aromatic rings. The van der Waals surface area contributed by atoms with Crippen molar-refractivity contribution in [2.75, 3.05) is 37.0 Å². The second kappa shape index (κ2) is 9.82.